The molecular weight excluding hydrogens is 260 g/mol. The average Bonchev–Trinajstić information content (AvgIpc) is 2.38. The number of benzene rings is 1. The maximum atomic E-state index is 11.9. The Hall–Kier alpha value is -1.59. The Balaban J connectivity index is 3.92. The van der Waals surface area contributed by atoms with Crippen LogP contribution in [0.2, 0.25) is 0 Å². The quantitative estimate of drug-likeness (QED) is 0.868. The number of allylic oxidation sites excluding steroid dienone is 1. The number of nitrogens with zero attached hydrogens (tertiary/aromatic N) is 1. The van der Waals surface area contributed by atoms with Gasteiger partial charge in [-0.1, -0.05) is 30.9 Å². The van der Waals surface area contributed by atoms with Crippen LogP contribution in [0.1, 0.15) is 6.92 Å². The lowest BCUT2D eigenvalue weighted by Gasteiger charge is -2.14. The first-order chi connectivity index (χ1) is 8.85. The summed E-state index contributed by atoms with van der Waals surface area (Å²) in [5.41, 5.74) is 0.947. The van der Waals surface area contributed by atoms with Gasteiger partial charge in [0.25, 0.3) is 0 Å². The largest absolute Gasteiger partial charge is 0.377 e. The zero-order chi connectivity index (χ0) is 14.6. The molecule has 5 heteroatoms. The molecule has 19 heavy (non-hydrogen) atoms. The molecule has 1 rings (SSSR count). The summed E-state index contributed by atoms with van der Waals surface area (Å²) in [4.78, 5) is 2.24. The van der Waals surface area contributed by atoms with Crippen molar-refractivity contribution in [3.05, 3.63) is 41.3 Å². The van der Waals surface area contributed by atoms with Gasteiger partial charge in [-0.15, -0.1) is 0 Å². The predicted octanol–water partition coefficient (Wildman–Crippen LogP) is 0.396. The highest BCUT2D eigenvalue weighted by atomic mass is 32.2. The van der Waals surface area contributed by atoms with Gasteiger partial charge in [-0.25, -0.2) is 13.1 Å². The van der Waals surface area contributed by atoms with Crippen molar-refractivity contribution in [2.75, 3.05) is 26.0 Å². The van der Waals surface area contributed by atoms with Crippen LogP contribution in [0, 0.1) is 0 Å². The van der Waals surface area contributed by atoms with E-state index < -0.39 is 10.0 Å². The highest BCUT2D eigenvalue weighted by molar-refractivity contribution is 7.98. The molecule has 0 unspecified atom stereocenters. The molecule has 0 spiro atoms. The van der Waals surface area contributed by atoms with E-state index in [9.17, 15) is 8.42 Å². The van der Waals surface area contributed by atoms with E-state index in [2.05, 4.69) is 11.3 Å². The Bertz CT molecular complexity index is 689. The van der Waals surface area contributed by atoms with Crippen LogP contribution in [0.15, 0.2) is 30.9 Å². The van der Waals surface area contributed by atoms with Crippen molar-refractivity contribution in [3.63, 3.8) is 0 Å². The van der Waals surface area contributed by atoms with Gasteiger partial charge in [-0.2, -0.15) is 0 Å². The molecule has 0 atom stereocenters. The van der Waals surface area contributed by atoms with E-state index >= 15 is 0 Å². The van der Waals surface area contributed by atoms with Crippen LogP contribution in [0.4, 0.5) is 5.69 Å². The van der Waals surface area contributed by atoms with E-state index in [0.717, 1.165) is 10.9 Å². The van der Waals surface area contributed by atoms with Gasteiger partial charge in [0.1, 0.15) is 0 Å². The second kappa shape index (κ2) is 6.04. The maximum Gasteiger partial charge on any atom is 0.236 e. The zero-order valence-electron chi connectivity index (χ0n) is 11.8. The molecule has 1 N–H and O–H groups in total. The van der Waals surface area contributed by atoms with Gasteiger partial charge < -0.3 is 4.90 Å². The van der Waals surface area contributed by atoms with Crippen molar-refractivity contribution in [2.24, 2.45) is 0 Å². The molecule has 0 amide bonds. The second-order valence-corrected chi connectivity index (χ2v) is 6.33. The summed E-state index contributed by atoms with van der Waals surface area (Å²) in [7, 11) is 1.80. The molecule has 104 valence electrons. The summed E-state index contributed by atoms with van der Waals surface area (Å²) in [5.74, 6) is 0. The normalized spacial score (nSPS) is 14.2. The highest BCUT2D eigenvalue weighted by Crippen LogP contribution is 2.04. The van der Waals surface area contributed by atoms with Crippen molar-refractivity contribution in [1.82, 2.24) is 4.72 Å². The molecule has 4 nitrogen and oxygen atoms in total. The van der Waals surface area contributed by atoms with E-state index in [0.29, 0.717) is 10.1 Å². The summed E-state index contributed by atoms with van der Waals surface area (Å²) in [6.45, 7) is 5.29. The Morgan fingerprint density at radius 3 is 2.47 bits per heavy atom. The van der Waals surface area contributed by atoms with Crippen LogP contribution in [0.5, 0.6) is 0 Å². The Kier molecular flexibility index (Phi) is 4.91. The molecule has 0 bridgehead atoms. The van der Waals surface area contributed by atoms with Crippen LogP contribution in [0.3, 0.4) is 0 Å². The smallest absolute Gasteiger partial charge is 0.236 e. The lowest BCUT2D eigenvalue weighted by molar-refractivity contribution is 0.598. The van der Waals surface area contributed by atoms with Gasteiger partial charge in [0.15, 0.2) is 0 Å². The third-order valence-electron chi connectivity index (χ3n) is 2.90. The van der Waals surface area contributed by atoms with E-state index in [1.54, 1.807) is 19.1 Å². The third-order valence-corrected chi connectivity index (χ3v) is 4.46. The predicted molar refractivity (Wildman–Crippen MR) is 81.7 cm³/mol. The van der Waals surface area contributed by atoms with Gasteiger partial charge in [-0.3, -0.25) is 0 Å². The Morgan fingerprint density at radius 1 is 1.37 bits per heavy atom. The van der Waals surface area contributed by atoms with Crippen molar-refractivity contribution in [3.8, 4) is 0 Å². The minimum Gasteiger partial charge on any atom is -0.377 e. The third kappa shape index (κ3) is 3.24. The highest BCUT2D eigenvalue weighted by Gasteiger charge is 2.12. The molecule has 0 fully saturated rings. The van der Waals surface area contributed by atoms with E-state index in [1.807, 2.05) is 37.2 Å². The van der Waals surface area contributed by atoms with Crippen molar-refractivity contribution >= 4 is 26.7 Å². The summed E-state index contributed by atoms with van der Waals surface area (Å²) in [6, 6.07) is 5.59. The van der Waals surface area contributed by atoms with Crippen LogP contribution in [-0.2, 0) is 10.0 Å². The van der Waals surface area contributed by atoms with Crippen LogP contribution in [-0.4, -0.2) is 29.6 Å². The number of sulfonamides is 1. The standard InChI is InChI=1S/C14H20N2O2S/c1-6-8-13-12(11(2)19(17,18)15-3)9-7-10-14(13)16(4)5/h6-10,15H,1H2,2-5H3/b12-11+,13-8+. The molecule has 0 radical (unpaired) electrons. The van der Waals surface area contributed by atoms with Crippen molar-refractivity contribution in [1.29, 1.82) is 0 Å². The number of hydrogen-bond acceptors (Lipinski definition) is 3. The van der Waals surface area contributed by atoms with Gasteiger partial charge in [0.2, 0.25) is 10.0 Å². The van der Waals surface area contributed by atoms with E-state index in [-0.39, 0.29) is 0 Å². The summed E-state index contributed by atoms with van der Waals surface area (Å²) < 4.78 is 26.2. The van der Waals surface area contributed by atoms with Gasteiger partial charge in [-0.05, 0) is 25.3 Å². The minimum absolute atomic E-state index is 0.298. The molecule has 0 saturated carbocycles. The fourth-order valence-corrected chi connectivity index (χ4v) is 2.61. The number of nitrogens with one attached hydrogen (secondary N) is 1. The molecule has 0 aliphatic rings. The van der Waals surface area contributed by atoms with Crippen LogP contribution < -0.4 is 20.1 Å². The monoisotopic (exact) mass is 280 g/mol. The van der Waals surface area contributed by atoms with Crippen LogP contribution in [0.25, 0.3) is 11.0 Å². The fraction of sp³-hybridized carbons (Fsp3) is 0.286. The first-order valence-corrected chi connectivity index (χ1v) is 7.37. The average molecular weight is 280 g/mol. The Morgan fingerprint density at radius 2 is 2.00 bits per heavy atom. The molecule has 0 aliphatic heterocycles. The van der Waals surface area contributed by atoms with Gasteiger partial charge in [0, 0.05) is 25.0 Å². The maximum absolute atomic E-state index is 11.9. The second-order valence-electron chi connectivity index (χ2n) is 4.30. The number of anilines is 1. The number of rotatable bonds is 4. The van der Waals surface area contributed by atoms with Gasteiger partial charge >= 0.3 is 0 Å². The van der Waals surface area contributed by atoms with E-state index in [1.165, 1.54) is 7.05 Å². The lowest BCUT2D eigenvalue weighted by atomic mass is 10.1. The first-order valence-electron chi connectivity index (χ1n) is 5.88. The summed E-state index contributed by atoms with van der Waals surface area (Å²) >= 11 is 0. The van der Waals surface area contributed by atoms with Gasteiger partial charge in [0.05, 0.1) is 4.91 Å². The van der Waals surface area contributed by atoms with Crippen LogP contribution >= 0.6 is 0 Å². The van der Waals surface area contributed by atoms with E-state index in [4.69, 9.17) is 0 Å². The van der Waals surface area contributed by atoms with Crippen molar-refractivity contribution in [2.45, 2.75) is 6.92 Å². The summed E-state index contributed by atoms with van der Waals surface area (Å²) in [6.07, 6.45) is 3.48. The molecular formula is C14H20N2O2S. The number of hydrogen-bond donors (Lipinski definition) is 1. The molecule has 0 heterocycles. The molecule has 0 aliphatic carbocycles. The first kappa shape index (κ1) is 15.5. The minimum atomic E-state index is -3.44. The lowest BCUT2D eigenvalue weighted by Crippen LogP contribution is -2.35. The fourth-order valence-electron chi connectivity index (χ4n) is 1.84. The molecule has 1 aromatic carbocycles. The molecule has 0 aromatic heterocycles. The molecule has 0 saturated heterocycles. The SMILES string of the molecule is C=C/C=c1/c(N(C)C)ccc/c1=C(/C)S(=O)(=O)NC. The summed E-state index contributed by atoms with van der Waals surface area (Å²) in [5, 5.41) is 1.53. The zero-order valence-corrected chi connectivity index (χ0v) is 12.6. The van der Waals surface area contributed by atoms with Crippen molar-refractivity contribution < 1.29 is 8.42 Å². The Labute approximate surface area is 114 Å². The molecule has 1 aromatic rings. The topological polar surface area (TPSA) is 49.4 Å².